The highest BCUT2D eigenvalue weighted by Gasteiger charge is 2.73. The highest BCUT2D eigenvalue weighted by molar-refractivity contribution is 8.02. The lowest BCUT2D eigenvalue weighted by Gasteiger charge is -2.37. The third-order valence-corrected chi connectivity index (χ3v) is 10.2. The SMILES string of the molecule is CCCN1CC=C[C@@]2(C)S[C@]34C=CCN(c5ccccc5Cl)C(=O)C3N(CCCCO)C(=O)[C@@H]4[C@H]2C1=O. The molecule has 0 radical (unpaired) electrons. The topological polar surface area (TPSA) is 81.2 Å². The minimum atomic E-state index is -0.877. The number of fused-ring (bicyclic) bond motifs is 2. The molecule has 1 aromatic rings. The van der Waals surface area contributed by atoms with E-state index in [0.717, 1.165) is 6.42 Å². The maximum atomic E-state index is 14.4. The van der Waals surface area contributed by atoms with Crippen LogP contribution in [0.2, 0.25) is 5.02 Å². The highest BCUT2D eigenvalue weighted by Crippen LogP contribution is 2.65. The largest absolute Gasteiger partial charge is 0.396 e. The summed E-state index contributed by atoms with van der Waals surface area (Å²) in [4.78, 5) is 47.8. The van der Waals surface area contributed by atoms with Crippen LogP contribution in [0.4, 0.5) is 5.69 Å². The second-order valence-electron chi connectivity index (χ2n) is 10.4. The lowest BCUT2D eigenvalue weighted by molar-refractivity contribution is -0.143. The summed E-state index contributed by atoms with van der Waals surface area (Å²) in [6.07, 6.45) is 10.0. The fourth-order valence-corrected chi connectivity index (χ4v) is 8.96. The first-order valence-electron chi connectivity index (χ1n) is 13.1. The Morgan fingerprint density at radius 3 is 2.49 bits per heavy atom. The van der Waals surface area contributed by atoms with Gasteiger partial charge in [0.1, 0.15) is 6.04 Å². The Morgan fingerprint density at radius 1 is 1.00 bits per heavy atom. The van der Waals surface area contributed by atoms with Crippen molar-refractivity contribution in [2.45, 2.75) is 48.6 Å². The number of aliphatic hydroxyl groups excluding tert-OH is 1. The summed E-state index contributed by atoms with van der Waals surface area (Å²) in [6, 6.07) is 6.47. The van der Waals surface area contributed by atoms with E-state index >= 15 is 0 Å². The van der Waals surface area contributed by atoms with E-state index in [0.29, 0.717) is 49.7 Å². The molecule has 7 nitrogen and oxygen atoms in total. The molecular weight excluding hydrogens is 510 g/mol. The van der Waals surface area contributed by atoms with E-state index in [-0.39, 0.29) is 24.3 Å². The third-order valence-electron chi connectivity index (χ3n) is 8.08. The summed E-state index contributed by atoms with van der Waals surface area (Å²) in [6.45, 7) is 5.95. The van der Waals surface area contributed by atoms with Crippen LogP contribution in [-0.4, -0.2) is 80.9 Å². The van der Waals surface area contributed by atoms with Gasteiger partial charge in [-0.05, 0) is 38.3 Å². The van der Waals surface area contributed by atoms with Crippen molar-refractivity contribution in [3.05, 3.63) is 53.6 Å². The van der Waals surface area contributed by atoms with Crippen molar-refractivity contribution in [3.63, 3.8) is 0 Å². The number of aliphatic hydroxyl groups is 1. The fraction of sp³-hybridized carbons (Fsp3) is 0.536. The van der Waals surface area contributed by atoms with Crippen LogP contribution in [0.3, 0.4) is 0 Å². The van der Waals surface area contributed by atoms with Gasteiger partial charge in [0.05, 0.1) is 27.3 Å². The number of para-hydroxylation sites is 1. The van der Waals surface area contributed by atoms with Crippen molar-refractivity contribution >= 4 is 46.8 Å². The van der Waals surface area contributed by atoms with E-state index in [2.05, 4.69) is 6.08 Å². The molecule has 1 N–H and O–H groups in total. The Hall–Kier alpha value is -2.29. The molecule has 1 spiro atoms. The van der Waals surface area contributed by atoms with E-state index in [1.54, 1.807) is 27.6 Å². The number of unbranched alkanes of at least 4 members (excludes halogenated alkanes) is 1. The van der Waals surface area contributed by atoms with Crippen molar-refractivity contribution < 1.29 is 19.5 Å². The number of hydrogen-bond donors (Lipinski definition) is 1. The molecule has 198 valence electrons. The molecule has 5 rings (SSSR count). The number of amides is 3. The Balaban J connectivity index is 1.62. The van der Waals surface area contributed by atoms with E-state index in [1.165, 1.54) is 0 Å². The Bertz CT molecular complexity index is 1160. The number of benzene rings is 1. The minimum absolute atomic E-state index is 0.0129. The molecule has 0 aromatic heterocycles. The quantitative estimate of drug-likeness (QED) is 0.420. The molecule has 0 aliphatic carbocycles. The molecule has 37 heavy (non-hydrogen) atoms. The highest BCUT2D eigenvalue weighted by atomic mass is 35.5. The second-order valence-corrected chi connectivity index (χ2v) is 12.6. The van der Waals surface area contributed by atoms with Gasteiger partial charge in [0, 0.05) is 37.5 Å². The molecule has 0 bridgehead atoms. The zero-order valence-corrected chi connectivity index (χ0v) is 22.9. The second kappa shape index (κ2) is 10.1. The van der Waals surface area contributed by atoms with Gasteiger partial charge in [-0.1, -0.05) is 55.0 Å². The number of carbonyl (C=O) groups excluding carboxylic acids is 3. The zero-order chi connectivity index (χ0) is 26.4. The molecule has 5 atom stereocenters. The molecule has 0 saturated carbocycles. The summed E-state index contributed by atoms with van der Waals surface area (Å²) >= 11 is 8.10. The van der Waals surface area contributed by atoms with Crippen LogP contribution in [-0.2, 0) is 14.4 Å². The molecule has 4 aliphatic heterocycles. The summed E-state index contributed by atoms with van der Waals surface area (Å²) in [5.41, 5.74) is 0.607. The number of nitrogens with zero attached hydrogens (tertiary/aromatic N) is 3. The van der Waals surface area contributed by atoms with E-state index in [4.69, 9.17) is 11.6 Å². The number of anilines is 1. The number of hydrogen-bond acceptors (Lipinski definition) is 5. The fourth-order valence-electron chi connectivity index (χ4n) is 6.56. The maximum absolute atomic E-state index is 14.4. The number of thioether (sulfide) groups is 1. The number of rotatable bonds is 7. The first-order chi connectivity index (χ1) is 17.8. The molecule has 1 aromatic carbocycles. The van der Waals surface area contributed by atoms with Gasteiger partial charge in [-0.25, -0.2) is 0 Å². The van der Waals surface area contributed by atoms with Gasteiger partial charge in [-0.2, -0.15) is 0 Å². The number of halogens is 1. The Morgan fingerprint density at radius 2 is 1.76 bits per heavy atom. The van der Waals surface area contributed by atoms with Gasteiger partial charge in [-0.15, -0.1) is 11.8 Å². The lowest BCUT2D eigenvalue weighted by Crippen LogP contribution is -2.53. The number of carbonyl (C=O) groups is 3. The van der Waals surface area contributed by atoms with Gasteiger partial charge in [0.25, 0.3) is 5.91 Å². The van der Waals surface area contributed by atoms with E-state index < -0.39 is 27.4 Å². The van der Waals surface area contributed by atoms with Crippen molar-refractivity contribution in [3.8, 4) is 0 Å². The van der Waals surface area contributed by atoms with Crippen molar-refractivity contribution in [1.29, 1.82) is 0 Å². The van der Waals surface area contributed by atoms with Crippen LogP contribution in [0.15, 0.2) is 48.6 Å². The zero-order valence-electron chi connectivity index (χ0n) is 21.3. The van der Waals surface area contributed by atoms with Crippen LogP contribution in [0.5, 0.6) is 0 Å². The number of likely N-dealkylation sites (tertiary alicyclic amines) is 1. The Kier molecular flexibility index (Phi) is 7.20. The third kappa shape index (κ3) is 4.12. The molecule has 4 heterocycles. The van der Waals surface area contributed by atoms with Gasteiger partial charge < -0.3 is 19.8 Å². The van der Waals surface area contributed by atoms with Crippen LogP contribution in [0, 0.1) is 11.8 Å². The van der Waals surface area contributed by atoms with Crippen molar-refractivity contribution in [1.82, 2.24) is 9.80 Å². The first-order valence-corrected chi connectivity index (χ1v) is 14.3. The maximum Gasteiger partial charge on any atom is 0.251 e. The van der Waals surface area contributed by atoms with Gasteiger partial charge in [0.15, 0.2) is 0 Å². The van der Waals surface area contributed by atoms with Crippen LogP contribution < -0.4 is 4.90 Å². The molecule has 4 aliphatic rings. The van der Waals surface area contributed by atoms with Crippen LogP contribution in [0.25, 0.3) is 0 Å². The summed E-state index contributed by atoms with van der Waals surface area (Å²) in [5.74, 6) is -1.57. The van der Waals surface area contributed by atoms with Gasteiger partial charge in [-0.3, -0.25) is 14.4 Å². The standard InChI is InChI=1S/C28H34ClN3O4S/c1-3-14-30-15-8-12-27(2)21(24(30)34)22-25(35)32(16-6-7-18-33)23-26(36)31(17-9-13-28(22,23)37-27)20-11-5-4-10-19(20)29/h4-5,8-13,21-23,33H,3,6-7,14-18H2,1-2H3/t21-,22-,23?,27+,28-/m0/s1. The molecule has 9 heteroatoms. The Labute approximate surface area is 227 Å². The lowest BCUT2D eigenvalue weighted by atomic mass is 9.74. The molecule has 1 unspecified atom stereocenters. The average molecular weight is 544 g/mol. The van der Waals surface area contributed by atoms with E-state index in [9.17, 15) is 19.5 Å². The molecule has 2 fully saturated rings. The molecular formula is C28H34ClN3O4S. The summed E-state index contributed by atoms with van der Waals surface area (Å²) in [5, 5.41) is 9.85. The molecule has 2 saturated heterocycles. The van der Waals surface area contributed by atoms with Gasteiger partial charge in [0.2, 0.25) is 11.8 Å². The van der Waals surface area contributed by atoms with Crippen molar-refractivity contribution in [2.24, 2.45) is 11.8 Å². The predicted molar refractivity (Wildman–Crippen MR) is 146 cm³/mol. The van der Waals surface area contributed by atoms with Gasteiger partial charge >= 0.3 is 0 Å². The summed E-state index contributed by atoms with van der Waals surface area (Å²) in [7, 11) is 0. The van der Waals surface area contributed by atoms with E-state index in [1.807, 2.05) is 55.2 Å². The van der Waals surface area contributed by atoms with Crippen LogP contribution in [0.1, 0.15) is 33.1 Å². The van der Waals surface area contributed by atoms with Crippen molar-refractivity contribution in [2.75, 3.05) is 37.7 Å². The smallest absolute Gasteiger partial charge is 0.251 e. The average Bonchev–Trinajstić information content (AvgIpc) is 3.13. The first kappa shape index (κ1) is 26.3. The monoisotopic (exact) mass is 543 g/mol. The van der Waals surface area contributed by atoms with Crippen LogP contribution >= 0.6 is 23.4 Å². The molecule has 3 amide bonds. The minimum Gasteiger partial charge on any atom is -0.396 e. The predicted octanol–water partition coefficient (Wildman–Crippen LogP) is 3.51. The normalized spacial score (nSPS) is 32.9. The summed E-state index contributed by atoms with van der Waals surface area (Å²) < 4.78 is -1.49.